The first kappa shape index (κ1) is 24.0. The minimum Gasteiger partial charge on any atom is -0.493 e. The number of aliphatic hydroxyl groups excluding tert-OH is 1. The van der Waals surface area contributed by atoms with Crippen LogP contribution in [0.1, 0.15) is 30.2 Å². The SMILES string of the molecule is CC(c1ccccn1)C1COc2cc(-c3c(F)c(F)c(F)c(F)c3NS(C)(=O)=O)ccc2C1O. The van der Waals surface area contributed by atoms with Crippen molar-refractivity contribution >= 4 is 15.7 Å². The first-order chi connectivity index (χ1) is 16.0. The summed E-state index contributed by atoms with van der Waals surface area (Å²) in [5.41, 5.74) is -0.970. The molecule has 2 aromatic carbocycles. The first-order valence-electron chi connectivity index (χ1n) is 10.2. The third-order valence-corrected chi connectivity index (χ3v) is 6.38. The van der Waals surface area contributed by atoms with Crippen LogP contribution in [0.5, 0.6) is 5.75 Å². The highest BCUT2D eigenvalue weighted by molar-refractivity contribution is 7.92. The van der Waals surface area contributed by atoms with Crippen LogP contribution in [0.25, 0.3) is 11.1 Å². The number of nitrogens with zero attached hydrogens (tertiary/aromatic N) is 1. The molecular weight excluding hydrogens is 476 g/mol. The number of aromatic nitrogens is 1. The van der Waals surface area contributed by atoms with Crippen LogP contribution >= 0.6 is 0 Å². The van der Waals surface area contributed by atoms with Gasteiger partial charge in [-0.15, -0.1) is 0 Å². The van der Waals surface area contributed by atoms with E-state index in [0.717, 1.165) is 5.69 Å². The maximum atomic E-state index is 14.7. The molecule has 180 valence electrons. The van der Waals surface area contributed by atoms with Gasteiger partial charge in [-0.3, -0.25) is 9.71 Å². The van der Waals surface area contributed by atoms with E-state index >= 15 is 0 Å². The highest BCUT2D eigenvalue weighted by Gasteiger charge is 2.35. The van der Waals surface area contributed by atoms with Gasteiger partial charge in [-0.2, -0.15) is 0 Å². The lowest BCUT2D eigenvalue weighted by Crippen LogP contribution is -2.30. The van der Waals surface area contributed by atoms with Gasteiger partial charge in [0.1, 0.15) is 5.75 Å². The molecule has 1 aromatic heterocycles. The molecule has 3 atom stereocenters. The number of hydrogen-bond acceptors (Lipinski definition) is 5. The van der Waals surface area contributed by atoms with Gasteiger partial charge in [0.15, 0.2) is 23.3 Å². The molecule has 0 radical (unpaired) electrons. The molecule has 2 heterocycles. The molecule has 3 unspecified atom stereocenters. The van der Waals surface area contributed by atoms with Crippen molar-refractivity contribution in [1.82, 2.24) is 4.98 Å². The molecule has 4 rings (SSSR count). The monoisotopic (exact) mass is 496 g/mol. The minimum absolute atomic E-state index is 0.0679. The van der Waals surface area contributed by atoms with E-state index in [0.29, 0.717) is 11.8 Å². The number of rotatable bonds is 5. The van der Waals surface area contributed by atoms with Gasteiger partial charge in [0.05, 0.1) is 24.7 Å². The maximum absolute atomic E-state index is 14.7. The summed E-state index contributed by atoms with van der Waals surface area (Å²) in [5, 5.41) is 11.0. The van der Waals surface area contributed by atoms with Crippen LogP contribution in [0.3, 0.4) is 0 Å². The zero-order valence-electron chi connectivity index (χ0n) is 18.0. The number of benzene rings is 2. The normalized spacial score (nSPS) is 18.7. The zero-order chi connectivity index (χ0) is 24.8. The Kier molecular flexibility index (Phi) is 6.26. The molecule has 34 heavy (non-hydrogen) atoms. The topological polar surface area (TPSA) is 88.5 Å². The molecule has 1 aliphatic heterocycles. The second-order valence-corrected chi connectivity index (χ2v) is 9.84. The standard InChI is InChI=1S/C23H20F4N2O4S/c1-11(15-5-3-4-8-28-15)14-10-33-16-9-12(6-7-13(16)23(14)30)17-18(24)19(25)20(26)21(27)22(17)29-34(2,31)32/h3-9,11,14,23,29-30H,10H2,1-2H3. The number of pyridine rings is 1. The van der Waals surface area contributed by atoms with E-state index in [2.05, 4.69) is 4.98 Å². The van der Waals surface area contributed by atoms with Crippen molar-refractivity contribution in [3.63, 3.8) is 0 Å². The van der Waals surface area contributed by atoms with Gasteiger partial charge in [-0.05, 0) is 23.8 Å². The number of hydrogen-bond donors (Lipinski definition) is 2. The predicted octanol–water partition coefficient (Wildman–Crippen LogP) is 4.52. The molecule has 0 saturated heterocycles. The molecule has 1 aliphatic rings. The Labute approximate surface area is 193 Å². The van der Waals surface area contributed by atoms with Crippen LogP contribution in [-0.2, 0) is 10.0 Å². The average Bonchev–Trinajstić information content (AvgIpc) is 2.81. The molecule has 0 fully saturated rings. The Balaban J connectivity index is 1.77. The summed E-state index contributed by atoms with van der Waals surface area (Å²) in [5.74, 6) is -8.33. The zero-order valence-corrected chi connectivity index (χ0v) is 18.8. The Morgan fingerprint density at radius 3 is 2.44 bits per heavy atom. The van der Waals surface area contributed by atoms with Crippen molar-refractivity contribution in [3.8, 4) is 16.9 Å². The Hall–Kier alpha value is -3.18. The van der Waals surface area contributed by atoms with Crippen LogP contribution in [0.15, 0.2) is 42.6 Å². The second-order valence-electron chi connectivity index (χ2n) is 8.10. The summed E-state index contributed by atoms with van der Waals surface area (Å²) in [6.45, 7) is 1.96. The Morgan fingerprint density at radius 1 is 1.09 bits per heavy atom. The van der Waals surface area contributed by atoms with Gasteiger partial charge in [0.2, 0.25) is 10.0 Å². The molecule has 0 spiro atoms. The number of halogens is 4. The summed E-state index contributed by atoms with van der Waals surface area (Å²) in [7, 11) is -4.17. The molecule has 2 N–H and O–H groups in total. The van der Waals surface area contributed by atoms with Crippen molar-refractivity contribution in [2.75, 3.05) is 17.6 Å². The molecule has 0 aliphatic carbocycles. The van der Waals surface area contributed by atoms with E-state index in [-0.39, 0.29) is 29.8 Å². The molecule has 11 heteroatoms. The number of aliphatic hydroxyl groups is 1. The molecule has 0 saturated carbocycles. The predicted molar refractivity (Wildman–Crippen MR) is 117 cm³/mol. The van der Waals surface area contributed by atoms with Crippen molar-refractivity contribution in [2.45, 2.75) is 18.9 Å². The van der Waals surface area contributed by atoms with Crippen LogP contribution in [0.2, 0.25) is 0 Å². The smallest absolute Gasteiger partial charge is 0.229 e. The summed E-state index contributed by atoms with van der Waals surface area (Å²) in [6, 6.07) is 9.26. The van der Waals surface area contributed by atoms with E-state index in [1.165, 1.54) is 18.2 Å². The molecule has 0 amide bonds. The quantitative estimate of drug-likeness (QED) is 0.308. The fourth-order valence-electron chi connectivity index (χ4n) is 4.03. The number of fused-ring (bicyclic) bond motifs is 1. The number of nitrogens with one attached hydrogen (secondary N) is 1. The minimum atomic E-state index is -4.17. The fraction of sp³-hybridized carbons (Fsp3) is 0.261. The van der Waals surface area contributed by atoms with Gasteiger partial charge >= 0.3 is 0 Å². The summed E-state index contributed by atoms with van der Waals surface area (Å²) < 4.78 is 87.8. The lowest BCUT2D eigenvalue weighted by molar-refractivity contribution is 0.0379. The largest absolute Gasteiger partial charge is 0.493 e. The number of sulfonamides is 1. The van der Waals surface area contributed by atoms with E-state index in [9.17, 15) is 31.1 Å². The van der Waals surface area contributed by atoms with Gasteiger partial charge < -0.3 is 9.84 Å². The summed E-state index contributed by atoms with van der Waals surface area (Å²) in [4.78, 5) is 4.30. The summed E-state index contributed by atoms with van der Waals surface area (Å²) >= 11 is 0. The van der Waals surface area contributed by atoms with Crippen LogP contribution in [0.4, 0.5) is 23.2 Å². The lowest BCUT2D eigenvalue weighted by Gasteiger charge is -2.34. The van der Waals surface area contributed by atoms with Crippen molar-refractivity contribution in [3.05, 3.63) is 77.1 Å². The van der Waals surface area contributed by atoms with E-state index in [4.69, 9.17) is 4.74 Å². The van der Waals surface area contributed by atoms with E-state index in [1.807, 2.05) is 19.1 Å². The maximum Gasteiger partial charge on any atom is 0.229 e. The highest BCUT2D eigenvalue weighted by atomic mass is 32.2. The van der Waals surface area contributed by atoms with Crippen molar-refractivity contribution < 1.29 is 35.8 Å². The average molecular weight is 496 g/mol. The number of anilines is 1. The molecule has 0 bridgehead atoms. The van der Waals surface area contributed by atoms with Crippen LogP contribution < -0.4 is 9.46 Å². The number of ether oxygens (including phenoxy) is 1. The summed E-state index contributed by atoms with van der Waals surface area (Å²) in [6.07, 6.45) is 1.31. The highest BCUT2D eigenvalue weighted by Crippen LogP contribution is 2.45. The Morgan fingerprint density at radius 2 is 1.79 bits per heavy atom. The first-order valence-corrected chi connectivity index (χ1v) is 12.1. The lowest BCUT2D eigenvalue weighted by atomic mass is 9.82. The van der Waals surface area contributed by atoms with Gasteiger partial charge in [0, 0.05) is 34.9 Å². The van der Waals surface area contributed by atoms with Crippen LogP contribution in [-0.4, -0.2) is 31.4 Å². The van der Waals surface area contributed by atoms with Crippen molar-refractivity contribution in [2.24, 2.45) is 5.92 Å². The molecular formula is C23H20F4N2O4S. The van der Waals surface area contributed by atoms with Gasteiger partial charge in [-0.25, -0.2) is 26.0 Å². The molecule has 3 aromatic rings. The van der Waals surface area contributed by atoms with Gasteiger partial charge in [-0.1, -0.05) is 25.1 Å². The van der Waals surface area contributed by atoms with E-state index in [1.54, 1.807) is 17.0 Å². The third-order valence-electron chi connectivity index (χ3n) is 5.81. The van der Waals surface area contributed by atoms with Crippen LogP contribution in [0, 0.1) is 29.2 Å². The Bertz CT molecular complexity index is 1350. The third kappa shape index (κ3) is 4.32. The van der Waals surface area contributed by atoms with Crippen molar-refractivity contribution in [1.29, 1.82) is 0 Å². The molecule has 6 nitrogen and oxygen atoms in total. The van der Waals surface area contributed by atoms with E-state index < -0.39 is 50.6 Å². The van der Waals surface area contributed by atoms with Gasteiger partial charge in [0.25, 0.3) is 0 Å². The fourth-order valence-corrected chi connectivity index (χ4v) is 4.60. The second kappa shape index (κ2) is 8.88.